The predicted octanol–water partition coefficient (Wildman–Crippen LogP) is 3.68. The molecule has 1 atom stereocenters. The second-order valence-corrected chi connectivity index (χ2v) is 7.92. The molecule has 0 spiro atoms. The van der Waals surface area contributed by atoms with E-state index in [4.69, 9.17) is 26.1 Å². The van der Waals surface area contributed by atoms with Crippen molar-refractivity contribution in [2.24, 2.45) is 0 Å². The molecule has 0 radical (unpaired) electrons. The van der Waals surface area contributed by atoms with Crippen LogP contribution in [-0.2, 0) is 16.1 Å². The summed E-state index contributed by atoms with van der Waals surface area (Å²) in [5.74, 6) is 1.35. The van der Waals surface area contributed by atoms with E-state index in [-0.39, 0.29) is 18.6 Å². The number of ether oxygens (including phenoxy) is 2. The van der Waals surface area contributed by atoms with Gasteiger partial charge in [-0.3, -0.25) is 0 Å². The number of benzene rings is 1. The van der Waals surface area contributed by atoms with Crippen LogP contribution in [-0.4, -0.2) is 54.0 Å². The number of carbonyl (C=O) groups excluding carboxylic acids is 1. The molecule has 1 unspecified atom stereocenters. The van der Waals surface area contributed by atoms with Crippen molar-refractivity contribution >= 4 is 35.4 Å². The van der Waals surface area contributed by atoms with E-state index in [1.165, 1.54) is 0 Å². The van der Waals surface area contributed by atoms with Gasteiger partial charge in [0.1, 0.15) is 11.6 Å². The van der Waals surface area contributed by atoms with Crippen LogP contribution in [0.3, 0.4) is 0 Å². The van der Waals surface area contributed by atoms with Gasteiger partial charge >= 0.3 is 5.97 Å². The molecule has 1 aromatic carbocycles. The quantitative estimate of drug-likeness (QED) is 0.432. The summed E-state index contributed by atoms with van der Waals surface area (Å²) in [6, 6.07) is 5.57. The second kappa shape index (κ2) is 11.2. The van der Waals surface area contributed by atoms with Gasteiger partial charge < -0.3 is 24.8 Å². The first-order valence-corrected chi connectivity index (χ1v) is 11.0. The zero-order valence-electron chi connectivity index (χ0n) is 18.6. The molecule has 2 N–H and O–H groups in total. The number of methoxy groups -OCH3 is 1. The van der Waals surface area contributed by atoms with E-state index in [1.807, 2.05) is 23.1 Å². The van der Waals surface area contributed by atoms with E-state index >= 15 is 0 Å². The highest BCUT2D eigenvalue weighted by Crippen LogP contribution is 2.27. The Bertz CT molecular complexity index is 982. The maximum absolute atomic E-state index is 12.1. The van der Waals surface area contributed by atoms with Crippen molar-refractivity contribution < 1.29 is 19.4 Å². The number of carbonyl (C=O) groups is 1. The van der Waals surface area contributed by atoms with Crippen molar-refractivity contribution in [2.75, 3.05) is 37.1 Å². The summed E-state index contributed by atoms with van der Waals surface area (Å²) in [6.45, 7) is 5.07. The molecule has 1 fully saturated rings. The van der Waals surface area contributed by atoms with Gasteiger partial charge in [-0.25, -0.2) is 9.78 Å². The molecule has 0 bridgehead atoms. The van der Waals surface area contributed by atoms with Gasteiger partial charge in [-0.05, 0) is 50.5 Å². The average Bonchev–Trinajstić information content (AvgIpc) is 3.27. The van der Waals surface area contributed by atoms with E-state index < -0.39 is 0 Å². The number of hydrogen-bond acceptors (Lipinski definition) is 8. The molecular formula is C23H29ClN4O4. The van der Waals surface area contributed by atoms with Crippen LogP contribution < -0.4 is 15.0 Å². The third-order valence-corrected chi connectivity index (χ3v) is 5.59. The first-order chi connectivity index (χ1) is 15.5. The molecule has 2 aromatic rings. The Labute approximate surface area is 193 Å². The molecule has 1 aliphatic heterocycles. The first kappa shape index (κ1) is 23.8. The monoisotopic (exact) mass is 460 g/mol. The molecule has 1 aliphatic rings. The molecule has 1 aromatic heterocycles. The molecule has 8 nitrogen and oxygen atoms in total. The number of nitrogens with zero attached hydrogens (tertiary/aromatic N) is 3. The van der Waals surface area contributed by atoms with Crippen molar-refractivity contribution in [2.45, 2.75) is 39.3 Å². The van der Waals surface area contributed by atoms with E-state index in [9.17, 15) is 9.90 Å². The van der Waals surface area contributed by atoms with Crippen LogP contribution in [0.5, 0.6) is 5.75 Å². The minimum Gasteiger partial charge on any atom is -0.495 e. The van der Waals surface area contributed by atoms with Gasteiger partial charge in [0.25, 0.3) is 0 Å². The van der Waals surface area contributed by atoms with Crippen molar-refractivity contribution in [3.63, 3.8) is 0 Å². The van der Waals surface area contributed by atoms with Gasteiger partial charge in [-0.15, -0.1) is 0 Å². The van der Waals surface area contributed by atoms with Gasteiger partial charge in [-0.1, -0.05) is 17.7 Å². The van der Waals surface area contributed by atoms with Crippen molar-refractivity contribution in [1.29, 1.82) is 0 Å². The smallest absolute Gasteiger partial charge is 0.333 e. The van der Waals surface area contributed by atoms with Gasteiger partial charge in [0.05, 0.1) is 31.4 Å². The number of hydrogen-bond donors (Lipinski definition) is 2. The summed E-state index contributed by atoms with van der Waals surface area (Å²) >= 11 is 6.25. The number of halogens is 1. The molecule has 0 amide bonds. The van der Waals surface area contributed by atoms with Crippen LogP contribution in [0.15, 0.2) is 30.0 Å². The summed E-state index contributed by atoms with van der Waals surface area (Å²) < 4.78 is 10.3. The molecule has 3 rings (SSSR count). The van der Waals surface area contributed by atoms with Crippen LogP contribution in [0.1, 0.15) is 37.8 Å². The minimum atomic E-state index is -0.385. The lowest BCUT2D eigenvalue weighted by Gasteiger charge is -2.23. The summed E-state index contributed by atoms with van der Waals surface area (Å²) in [7, 11) is 1.57. The summed E-state index contributed by atoms with van der Waals surface area (Å²) in [4.78, 5) is 23.3. The standard InChI is InChI=1S/C23H29ClN4O4/c1-4-32-22(30)15(2)10-17-13-26-23(28-9-5-6-18(28)14-29)27-21(17)25-12-16-7-8-20(31-3)19(24)11-16/h7-8,10-11,13,18,29H,4-6,9,12,14H2,1-3H3,(H,25,26,27). The van der Waals surface area contributed by atoms with Crippen LogP contribution >= 0.6 is 11.6 Å². The van der Waals surface area contributed by atoms with Gasteiger partial charge in [0.15, 0.2) is 0 Å². The molecule has 1 saturated heterocycles. The average molecular weight is 461 g/mol. The Morgan fingerprint density at radius 2 is 2.25 bits per heavy atom. The maximum Gasteiger partial charge on any atom is 0.333 e. The maximum atomic E-state index is 12.1. The van der Waals surface area contributed by atoms with E-state index in [1.54, 1.807) is 33.2 Å². The number of aliphatic hydroxyl groups excluding tert-OH is 1. The third-order valence-electron chi connectivity index (χ3n) is 5.29. The first-order valence-electron chi connectivity index (χ1n) is 10.6. The lowest BCUT2D eigenvalue weighted by molar-refractivity contribution is -0.138. The normalized spacial score (nSPS) is 16.2. The van der Waals surface area contributed by atoms with E-state index in [0.29, 0.717) is 46.8 Å². The molecular weight excluding hydrogens is 432 g/mol. The number of anilines is 2. The minimum absolute atomic E-state index is 0.00547. The van der Waals surface area contributed by atoms with Gasteiger partial charge in [0, 0.05) is 30.4 Å². The Balaban J connectivity index is 1.90. The zero-order valence-corrected chi connectivity index (χ0v) is 19.4. The predicted molar refractivity (Wildman–Crippen MR) is 125 cm³/mol. The summed E-state index contributed by atoms with van der Waals surface area (Å²) in [5.41, 5.74) is 2.06. The Morgan fingerprint density at radius 1 is 1.44 bits per heavy atom. The molecule has 2 heterocycles. The topological polar surface area (TPSA) is 96.8 Å². The fourth-order valence-corrected chi connectivity index (χ4v) is 3.88. The van der Waals surface area contributed by atoms with Crippen LogP contribution in [0, 0.1) is 0 Å². The number of rotatable bonds is 9. The van der Waals surface area contributed by atoms with E-state index in [2.05, 4.69) is 10.3 Å². The number of esters is 1. The molecule has 9 heteroatoms. The number of aromatic nitrogens is 2. The molecule has 0 saturated carbocycles. The third kappa shape index (κ3) is 5.69. The SMILES string of the molecule is CCOC(=O)C(C)=Cc1cnc(N2CCCC2CO)nc1NCc1ccc(OC)c(Cl)c1. The molecule has 0 aliphatic carbocycles. The lowest BCUT2D eigenvalue weighted by Crippen LogP contribution is -2.33. The largest absolute Gasteiger partial charge is 0.495 e. The van der Waals surface area contributed by atoms with Crippen LogP contribution in [0.4, 0.5) is 11.8 Å². The van der Waals surface area contributed by atoms with Crippen molar-refractivity contribution in [3.05, 3.63) is 46.1 Å². The summed E-state index contributed by atoms with van der Waals surface area (Å²) in [5, 5.41) is 13.5. The molecule has 32 heavy (non-hydrogen) atoms. The van der Waals surface area contributed by atoms with Crippen molar-refractivity contribution in [1.82, 2.24) is 9.97 Å². The Kier molecular flexibility index (Phi) is 8.30. The fraction of sp³-hybridized carbons (Fsp3) is 0.435. The van der Waals surface area contributed by atoms with Crippen molar-refractivity contribution in [3.8, 4) is 5.75 Å². The highest BCUT2D eigenvalue weighted by atomic mass is 35.5. The Morgan fingerprint density at radius 3 is 2.94 bits per heavy atom. The zero-order chi connectivity index (χ0) is 23.1. The van der Waals surface area contributed by atoms with E-state index in [0.717, 1.165) is 24.9 Å². The number of nitrogens with one attached hydrogen (secondary N) is 1. The summed E-state index contributed by atoms with van der Waals surface area (Å²) in [6.07, 6.45) is 5.27. The second-order valence-electron chi connectivity index (χ2n) is 7.52. The Hall–Kier alpha value is -2.84. The fourth-order valence-electron chi connectivity index (χ4n) is 3.60. The van der Waals surface area contributed by atoms with Crippen LogP contribution in [0.2, 0.25) is 5.02 Å². The highest BCUT2D eigenvalue weighted by Gasteiger charge is 2.26. The van der Waals surface area contributed by atoms with Gasteiger partial charge in [-0.2, -0.15) is 4.98 Å². The lowest BCUT2D eigenvalue weighted by atomic mass is 10.1. The van der Waals surface area contributed by atoms with Gasteiger partial charge in [0.2, 0.25) is 5.95 Å². The highest BCUT2D eigenvalue weighted by molar-refractivity contribution is 6.32. The molecule has 172 valence electrons. The van der Waals surface area contributed by atoms with Crippen LogP contribution in [0.25, 0.3) is 6.08 Å². The number of aliphatic hydroxyl groups is 1.